The largest absolute Gasteiger partial charge is 0.481 e. The van der Waals surface area contributed by atoms with E-state index < -0.39 is 5.97 Å². The lowest BCUT2D eigenvalue weighted by atomic mass is 10.1. The fraction of sp³-hybridized carbons (Fsp3) is 0.462. The molecule has 0 bridgehead atoms. The van der Waals surface area contributed by atoms with Gasteiger partial charge in [0.15, 0.2) is 0 Å². The summed E-state index contributed by atoms with van der Waals surface area (Å²) < 4.78 is 0. The molecule has 98 valence electrons. The van der Waals surface area contributed by atoms with Gasteiger partial charge in [0, 0.05) is 31.8 Å². The number of nitrogens with one attached hydrogen (secondary N) is 1. The molecule has 1 aromatic heterocycles. The molecule has 0 atom stereocenters. The third-order valence-corrected chi connectivity index (χ3v) is 2.66. The Kier molecular flexibility index (Phi) is 5.84. The van der Waals surface area contributed by atoms with E-state index in [4.69, 9.17) is 5.11 Å². The van der Waals surface area contributed by atoms with E-state index in [0.717, 1.165) is 11.1 Å². The lowest BCUT2D eigenvalue weighted by Crippen LogP contribution is -2.22. The van der Waals surface area contributed by atoms with Crippen LogP contribution in [0.5, 0.6) is 0 Å². The Morgan fingerprint density at radius 1 is 1.33 bits per heavy atom. The van der Waals surface area contributed by atoms with Gasteiger partial charge in [-0.2, -0.15) is 0 Å². The number of carboxylic acid groups (broad SMARTS) is 1. The summed E-state index contributed by atoms with van der Waals surface area (Å²) in [5.74, 6) is -0.862. The van der Waals surface area contributed by atoms with Crippen LogP contribution in [0.4, 0.5) is 0 Å². The van der Waals surface area contributed by atoms with Gasteiger partial charge in [-0.25, -0.2) is 0 Å². The molecule has 0 saturated carbocycles. The number of hydrogen-bond donors (Lipinski definition) is 2. The Bertz CT molecular complexity index is 418. The molecular formula is C13H18N2O3. The number of rotatable bonds is 7. The van der Waals surface area contributed by atoms with Crippen LogP contribution in [0.25, 0.3) is 0 Å². The Hall–Kier alpha value is -1.91. The molecule has 0 fully saturated rings. The molecule has 5 nitrogen and oxygen atoms in total. The molecule has 0 saturated heterocycles. The minimum Gasteiger partial charge on any atom is -0.481 e. The van der Waals surface area contributed by atoms with E-state index >= 15 is 0 Å². The van der Waals surface area contributed by atoms with Crippen molar-refractivity contribution in [2.75, 3.05) is 0 Å². The molecular weight excluding hydrogens is 232 g/mol. The molecule has 0 unspecified atom stereocenters. The molecule has 1 heterocycles. The van der Waals surface area contributed by atoms with Gasteiger partial charge in [0.1, 0.15) is 0 Å². The molecule has 1 amide bonds. The summed E-state index contributed by atoms with van der Waals surface area (Å²) in [6.07, 6.45) is 5.09. The van der Waals surface area contributed by atoms with Crippen LogP contribution in [0.15, 0.2) is 18.5 Å². The molecule has 18 heavy (non-hydrogen) atoms. The smallest absolute Gasteiger partial charge is 0.303 e. The van der Waals surface area contributed by atoms with Crippen molar-refractivity contribution < 1.29 is 14.7 Å². The number of carbonyl (C=O) groups excluding carboxylic acids is 1. The fourth-order valence-electron chi connectivity index (χ4n) is 1.54. The van der Waals surface area contributed by atoms with Gasteiger partial charge in [0.2, 0.25) is 5.91 Å². The van der Waals surface area contributed by atoms with Crippen LogP contribution in [-0.2, 0) is 16.1 Å². The summed E-state index contributed by atoms with van der Waals surface area (Å²) in [7, 11) is 0. The van der Waals surface area contributed by atoms with Crippen molar-refractivity contribution in [1.29, 1.82) is 0 Å². The Morgan fingerprint density at radius 3 is 2.72 bits per heavy atom. The number of amides is 1. The number of nitrogens with zero attached hydrogens (tertiary/aromatic N) is 1. The van der Waals surface area contributed by atoms with E-state index in [0.29, 0.717) is 25.8 Å². The number of hydrogen-bond acceptors (Lipinski definition) is 3. The van der Waals surface area contributed by atoms with E-state index in [1.54, 1.807) is 12.4 Å². The van der Waals surface area contributed by atoms with Crippen molar-refractivity contribution in [2.24, 2.45) is 0 Å². The average molecular weight is 250 g/mol. The second-order valence-corrected chi connectivity index (χ2v) is 4.18. The van der Waals surface area contributed by atoms with Crippen molar-refractivity contribution >= 4 is 11.9 Å². The first-order valence-corrected chi connectivity index (χ1v) is 5.97. The molecule has 0 aliphatic heterocycles. The molecule has 0 aliphatic carbocycles. The van der Waals surface area contributed by atoms with Crippen LogP contribution in [0.2, 0.25) is 0 Å². The van der Waals surface area contributed by atoms with Gasteiger partial charge in [0.05, 0.1) is 0 Å². The van der Waals surface area contributed by atoms with Crippen molar-refractivity contribution in [2.45, 2.75) is 39.2 Å². The van der Waals surface area contributed by atoms with Crippen molar-refractivity contribution in [3.8, 4) is 0 Å². The summed E-state index contributed by atoms with van der Waals surface area (Å²) in [4.78, 5) is 25.8. The SMILES string of the molecule is Cc1cnccc1CNC(=O)CCCCC(=O)O. The molecule has 1 aromatic rings. The molecule has 0 radical (unpaired) electrons. The highest BCUT2D eigenvalue weighted by Crippen LogP contribution is 2.05. The number of aromatic nitrogens is 1. The predicted molar refractivity (Wildman–Crippen MR) is 66.9 cm³/mol. The van der Waals surface area contributed by atoms with Crippen LogP contribution in [-0.4, -0.2) is 22.0 Å². The third kappa shape index (κ3) is 5.43. The minimum absolute atomic E-state index is 0.0448. The van der Waals surface area contributed by atoms with Crippen molar-refractivity contribution in [3.05, 3.63) is 29.6 Å². The topological polar surface area (TPSA) is 79.3 Å². The first-order valence-electron chi connectivity index (χ1n) is 5.97. The Balaban J connectivity index is 2.21. The van der Waals surface area contributed by atoms with Gasteiger partial charge in [-0.15, -0.1) is 0 Å². The van der Waals surface area contributed by atoms with Crippen molar-refractivity contribution in [3.63, 3.8) is 0 Å². The van der Waals surface area contributed by atoms with E-state index in [9.17, 15) is 9.59 Å². The van der Waals surface area contributed by atoms with E-state index in [1.807, 2.05) is 13.0 Å². The maximum atomic E-state index is 11.5. The molecule has 2 N–H and O–H groups in total. The Labute approximate surface area is 106 Å². The summed E-state index contributed by atoms with van der Waals surface area (Å²) in [6, 6.07) is 1.88. The zero-order valence-electron chi connectivity index (χ0n) is 10.5. The number of unbranched alkanes of at least 4 members (excludes halogenated alkanes) is 1. The lowest BCUT2D eigenvalue weighted by molar-refractivity contribution is -0.137. The summed E-state index contributed by atoms with van der Waals surface area (Å²) in [5.41, 5.74) is 2.09. The van der Waals surface area contributed by atoms with Gasteiger partial charge in [0.25, 0.3) is 0 Å². The summed E-state index contributed by atoms with van der Waals surface area (Å²) >= 11 is 0. The third-order valence-electron chi connectivity index (χ3n) is 2.66. The van der Waals surface area contributed by atoms with Gasteiger partial charge >= 0.3 is 5.97 Å². The van der Waals surface area contributed by atoms with E-state index in [1.165, 1.54) is 0 Å². The van der Waals surface area contributed by atoms with Crippen LogP contribution >= 0.6 is 0 Å². The van der Waals surface area contributed by atoms with Crippen LogP contribution in [0, 0.1) is 6.92 Å². The first-order chi connectivity index (χ1) is 8.59. The highest BCUT2D eigenvalue weighted by Gasteiger charge is 2.04. The Morgan fingerprint density at radius 2 is 2.06 bits per heavy atom. The molecule has 0 aliphatic rings. The monoisotopic (exact) mass is 250 g/mol. The molecule has 0 aromatic carbocycles. The quantitative estimate of drug-likeness (QED) is 0.721. The van der Waals surface area contributed by atoms with Gasteiger partial charge in [-0.05, 0) is 37.0 Å². The first kappa shape index (κ1) is 14.2. The van der Waals surface area contributed by atoms with E-state index in [2.05, 4.69) is 10.3 Å². The zero-order chi connectivity index (χ0) is 13.4. The molecule has 1 rings (SSSR count). The van der Waals surface area contributed by atoms with Crippen molar-refractivity contribution in [1.82, 2.24) is 10.3 Å². The summed E-state index contributed by atoms with van der Waals surface area (Å²) in [6.45, 7) is 2.44. The molecule has 0 spiro atoms. The average Bonchev–Trinajstić information content (AvgIpc) is 2.33. The van der Waals surface area contributed by atoms with Crippen LogP contribution in [0.3, 0.4) is 0 Å². The lowest BCUT2D eigenvalue weighted by Gasteiger charge is -2.07. The molecule has 5 heteroatoms. The van der Waals surface area contributed by atoms with Gasteiger partial charge < -0.3 is 10.4 Å². The maximum absolute atomic E-state index is 11.5. The van der Waals surface area contributed by atoms with Gasteiger partial charge in [-0.1, -0.05) is 0 Å². The number of aryl methyl sites for hydroxylation is 1. The zero-order valence-corrected chi connectivity index (χ0v) is 10.5. The van der Waals surface area contributed by atoms with Crippen LogP contribution in [0.1, 0.15) is 36.8 Å². The standard InChI is InChI=1S/C13H18N2O3/c1-10-8-14-7-6-11(10)9-15-12(16)4-2-3-5-13(17)18/h6-8H,2-5,9H2,1H3,(H,15,16)(H,17,18). The number of aliphatic carboxylic acids is 1. The summed E-state index contributed by atoms with van der Waals surface area (Å²) in [5, 5.41) is 11.3. The highest BCUT2D eigenvalue weighted by molar-refractivity contribution is 5.75. The number of carboxylic acids is 1. The van der Waals surface area contributed by atoms with E-state index in [-0.39, 0.29) is 12.3 Å². The predicted octanol–water partition coefficient (Wildman–Crippen LogP) is 1.65. The number of carbonyl (C=O) groups is 2. The minimum atomic E-state index is -0.817. The van der Waals surface area contributed by atoms with Gasteiger partial charge in [-0.3, -0.25) is 14.6 Å². The van der Waals surface area contributed by atoms with Crippen LogP contribution < -0.4 is 5.32 Å². The second kappa shape index (κ2) is 7.42. The number of pyridine rings is 1. The normalized spacial score (nSPS) is 10.1. The highest BCUT2D eigenvalue weighted by atomic mass is 16.4. The maximum Gasteiger partial charge on any atom is 0.303 e. The second-order valence-electron chi connectivity index (χ2n) is 4.18. The fourth-order valence-corrected chi connectivity index (χ4v) is 1.54.